The summed E-state index contributed by atoms with van der Waals surface area (Å²) in [7, 11) is 0. The minimum absolute atomic E-state index is 0.173. The third kappa shape index (κ3) is 5.25. The largest absolute Gasteiger partial charge is 0.480 e. The van der Waals surface area contributed by atoms with Gasteiger partial charge in [-0.15, -0.1) is 0 Å². The molecule has 2 aromatic rings. The van der Waals surface area contributed by atoms with Crippen LogP contribution in [0.3, 0.4) is 0 Å². The Morgan fingerprint density at radius 2 is 2.00 bits per heavy atom. The molecule has 0 unspecified atom stereocenters. The van der Waals surface area contributed by atoms with E-state index in [0.717, 1.165) is 10.9 Å². The van der Waals surface area contributed by atoms with Crippen LogP contribution in [0.15, 0.2) is 33.5 Å². The number of carboxylic acids is 1. The number of aryl methyl sites for hydroxylation is 1. The summed E-state index contributed by atoms with van der Waals surface area (Å²) in [6, 6.07) is 6.76. The van der Waals surface area contributed by atoms with Gasteiger partial charge in [0.15, 0.2) is 0 Å². The number of nitrogens with two attached hydrogens (primary N) is 2. The van der Waals surface area contributed by atoms with E-state index >= 15 is 0 Å². The first-order valence-electron chi connectivity index (χ1n) is 6.32. The molecule has 0 aliphatic heterocycles. The molecule has 1 amide bonds. The standard InChI is InChI=1S/C10H9NO2.C4H8N2O3/c1-6-4-10(12)13-9-5-7(11)2-3-8(6)9;5-1-3(7)6-2-4(8)9/h2-5H,11H2,1H3;1-2,5H2,(H,6,7)(H,8,9). The molecule has 0 saturated heterocycles. The average Bonchev–Trinajstić information content (AvgIpc) is 2.44. The van der Waals surface area contributed by atoms with Crippen molar-refractivity contribution in [1.29, 1.82) is 0 Å². The molecule has 0 aliphatic carbocycles. The van der Waals surface area contributed by atoms with Crippen LogP contribution in [0, 0.1) is 6.92 Å². The molecule has 2 rings (SSSR count). The second kappa shape index (κ2) is 7.79. The van der Waals surface area contributed by atoms with Crippen LogP contribution in [-0.2, 0) is 9.59 Å². The molecule has 0 fully saturated rings. The minimum Gasteiger partial charge on any atom is -0.480 e. The molecular weight excluding hydrogens is 290 g/mol. The number of anilines is 1. The molecule has 0 spiro atoms. The Hall–Kier alpha value is -2.87. The summed E-state index contributed by atoms with van der Waals surface area (Å²) in [5.41, 5.74) is 12.1. The van der Waals surface area contributed by atoms with Gasteiger partial charge < -0.3 is 26.3 Å². The first kappa shape index (κ1) is 17.2. The fraction of sp³-hybridized carbons (Fsp3) is 0.214. The first-order chi connectivity index (χ1) is 10.3. The second-order valence-electron chi connectivity index (χ2n) is 4.38. The Bertz CT molecular complexity index is 739. The lowest BCUT2D eigenvalue weighted by molar-refractivity contribution is -0.137. The van der Waals surface area contributed by atoms with Crippen molar-refractivity contribution in [3.05, 3.63) is 40.2 Å². The van der Waals surface area contributed by atoms with Crippen LogP contribution in [0.1, 0.15) is 5.56 Å². The van der Waals surface area contributed by atoms with Crippen molar-refractivity contribution in [2.45, 2.75) is 6.92 Å². The van der Waals surface area contributed by atoms with Gasteiger partial charge in [0.1, 0.15) is 12.1 Å². The molecule has 1 aromatic heterocycles. The number of amides is 1. The number of benzene rings is 1. The molecule has 0 radical (unpaired) electrons. The zero-order valence-electron chi connectivity index (χ0n) is 12.0. The Kier molecular flexibility index (Phi) is 6.09. The number of carbonyl (C=O) groups excluding carboxylic acids is 1. The zero-order chi connectivity index (χ0) is 16.7. The zero-order valence-corrected chi connectivity index (χ0v) is 12.0. The van der Waals surface area contributed by atoms with Gasteiger partial charge in [-0.05, 0) is 24.6 Å². The number of carbonyl (C=O) groups is 2. The van der Waals surface area contributed by atoms with Crippen molar-refractivity contribution in [3.8, 4) is 0 Å². The quantitative estimate of drug-likeness (QED) is 0.454. The second-order valence-corrected chi connectivity index (χ2v) is 4.38. The fourth-order valence-electron chi connectivity index (χ4n) is 1.59. The molecule has 1 aromatic carbocycles. The van der Waals surface area contributed by atoms with Gasteiger partial charge in [-0.25, -0.2) is 4.79 Å². The summed E-state index contributed by atoms with van der Waals surface area (Å²) in [6.45, 7) is 1.33. The van der Waals surface area contributed by atoms with Gasteiger partial charge in [-0.3, -0.25) is 9.59 Å². The summed E-state index contributed by atoms with van der Waals surface area (Å²) < 4.78 is 4.99. The van der Waals surface area contributed by atoms with Crippen LogP contribution in [0.4, 0.5) is 5.69 Å². The number of rotatable bonds is 3. The molecule has 8 heteroatoms. The lowest BCUT2D eigenvalue weighted by Crippen LogP contribution is -2.34. The molecule has 8 nitrogen and oxygen atoms in total. The van der Waals surface area contributed by atoms with Gasteiger partial charge in [0.2, 0.25) is 5.91 Å². The van der Waals surface area contributed by atoms with Crippen molar-refractivity contribution in [2.24, 2.45) is 5.73 Å². The van der Waals surface area contributed by atoms with Crippen molar-refractivity contribution < 1.29 is 19.1 Å². The third-order valence-electron chi connectivity index (χ3n) is 2.60. The van der Waals surface area contributed by atoms with Crippen LogP contribution in [0.25, 0.3) is 11.0 Å². The van der Waals surface area contributed by atoms with Crippen molar-refractivity contribution in [1.82, 2.24) is 5.32 Å². The molecule has 0 atom stereocenters. The predicted molar refractivity (Wildman–Crippen MR) is 81.3 cm³/mol. The Morgan fingerprint density at radius 1 is 1.32 bits per heavy atom. The summed E-state index contributed by atoms with van der Waals surface area (Å²) in [5, 5.41) is 11.0. The van der Waals surface area contributed by atoms with Crippen LogP contribution in [-0.4, -0.2) is 30.1 Å². The number of hydrogen-bond donors (Lipinski definition) is 4. The molecule has 118 valence electrons. The molecular formula is C14H17N3O5. The number of fused-ring (bicyclic) bond motifs is 1. The highest BCUT2D eigenvalue weighted by atomic mass is 16.4. The topological polar surface area (TPSA) is 149 Å². The van der Waals surface area contributed by atoms with E-state index in [0.29, 0.717) is 11.3 Å². The smallest absolute Gasteiger partial charge is 0.336 e. The number of nitrogen functional groups attached to an aromatic ring is 1. The van der Waals surface area contributed by atoms with Gasteiger partial charge in [0.05, 0.1) is 6.54 Å². The van der Waals surface area contributed by atoms with E-state index in [1.807, 2.05) is 13.0 Å². The fourth-order valence-corrected chi connectivity index (χ4v) is 1.59. The number of hydrogen-bond acceptors (Lipinski definition) is 6. The number of nitrogens with one attached hydrogen (secondary N) is 1. The van der Waals surface area contributed by atoms with Crippen molar-refractivity contribution in [2.75, 3.05) is 18.8 Å². The van der Waals surface area contributed by atoms with E-state index in [-0.39, 0.29) is 18.7 Å². The van der Waals surface area contributed by atoms with E-state index in [1.165, 1.54) is 6.07 Å². The van der Waals surface area contributed by atoms with Crippen LogP contribution in [0.2, 0.25) is 0 Å². The highest BCUT2D eigenvalue weighted by Crippen LogP contribution is 2.18. The maximum absolute atomic E-state index is 11.0. The first-order valence-corrected chi connectivity index (χ1v) is 6.32. The Labute approximate surface area is 125 Å². The monoisotopic (exact) mass is 307 g/mol. The SMILES string of the molecule is Cc1cc(=O)oc2cc(N)ccc12.NCC(=O)NCC(=O)O. The molecule has 0 bridgehead atoms. The summed E-state index contributed by atoms with van der Waals surface area (Å²) >= 11 is 0. The lowest BCUT2D eigenvalue weighted by Gasteiger charge is -2.00. The van der Waals surface area contributed by atoms with Crippen molar-refractivity contribution >= 4 is 28.5 Å². The molecule has 0 aliphatic rings. The predicted octanol–water partition coefficient (Wildman–Crippen LogP) is -0.170. The molecule has 22 heavy (non-hydrogen) atoms. The van der Waals surface area contributed by atoms with Gasteiger partial charge in [0, 0.05) is 23.2 Å². The Balaban J connectivity index is 0.000000239. The van der Waals surface area contributed by atoms with E-state index in [2.05, 4.69) is 5.32 Å². The molecule has 0 saturated carbocycles. The van der Waals surface area contributed by atoms with E-state index in [4.69, 9.17) is 21.0 Å². The third-order valence-corrected chi connectivity index (χ3v) is 2.60. The van der Waals surface area contributed by atoms with Crippen LogP contribution in [0.5, 0.6) is 0 Å². The number of aliphatic carboxylic acids is 1. The normalized spacial score (nSPS) is 9.73. The Morgan fingerprint density at radius 3 is 2.59 bits per heavy atom. The maximum Gasteiger partial charge on any atom is 0.336 e. The molecule has 6 N–H and O–H groups in total. The van der Waals surface area contributed by atoms with Gasteiger partial charge >= 0.3 is 11.6 Å². The summed E-state index contributed by atoms with van der Waals surface area (Å²) in [6.07, 6.45) is 0. The summed E-state index contributed by atoms with van der Waals surface area (Å²) in [4.78, 5) is 31.0. The lowest BCUT2D eigenvalue weighted by atomic mass is 10.1. The number of carboxylic acid groups (broad SMARTS) is 1. The van der Waals surface area contributed by atoms with E-state index in [9.17, 15) is 14.4 Å². The van der Waals surface area contributed by atoms with Crippen LogP contribution < -0.4 is 22.4 Å². The van der Waals surface area contributed by atoms with Gasteiger partial charge in [-0.2, -0.15) is 0 Å². The average molecular weight is 307 g/mol. The minimum atomic E-state index is -1.07. The van der Waals surface area contributed by atoms with Gasteiger partial charge in [-0.1, -0.05) is 0 Å². The van der Waals surface area contributed by atoms with Gasteiger partial charge in [0.25, 0.3) is 0 Å². The van der Waals surface area contributed by atoms with E-state index < -0.39 is 11.9 Å². The van der Waals surface area contributed by atoms with E-state index in [1.54, 1.807) is 12.1 Å². The highest BCUT2D eigenvalue weighted by Gasteiger charge is 2.01. The highest BCUT2D eigenvalue weighted by molar-refractivity contribution is 5.83. The van der Waals surface area contributed by atoms with Crippen LogP contribution >= 0.6 is 0 Å². The summed E-state index contributed by atoms with van der Waals surface area (Å²) in [5.74, 6) is -1.53. The van der Waals surface area contributed by atoms with Crippen molar-refractivity contribution in [3.63, 3.8) is 0 Å². The molecule has 1 heterocycles. The maximum atomic E-state index is 11.0.